The molecule has 0 saturated carbocycles. The molecule has 0 unspecified atom stereocenters. The molecule has 0 fully saturated rings. The van der Waals surface area contributed by atoms with Gasteiger partial charge < -0.3 is 17.0 Å². The van der Waals surface area contributed by atoms with Crippen LogP contribution in [0.2, 0.25) is 13.3 Å². The number of hydrogen-bond donors (Lipinski definition) is 0. The molecule has 0 saturated heterocycles. The second-order valence-corrected chi connectivity index (χ2v) is 38.5. The summed E-state index contributed by atoms with van der Waals surface area (Å²) in [5.74, 6) is 0. The van der Waals surface area contributed by atoms with Crippen molar-refractivity contribution in [3.8, 4) is 0 Å². The Morgan fingerprint density at radius 2 is 0.968 bits per heavy atom. The first kappa shape index (κ1) is 36.5. The number of benzene rings is 2. The zero-order valence-corrected chi connectivity index (χ0v) is 28.9. The SMILES string of the molecule is C=C[CH2-].C=C[CH2][Sn]([CH2]C=C)([CH2]C=C)[c]1ccccc1.[Br-].[Cl][Sn]([Cl])([Cl])[c]1ccccc1.[Mg+2]. The zero-order valence-electron chi connectivity index (χ0n) is 18.0. The Labute approximate surface area is 235 Å². The molecule has 0 nitrogen and oxygen atoms in total. The van der Waals surface area contributed by atoms with Crippen LogP contribution in [0.25, 0.3) is 0 Å². The van der Waals surface area contributed by atoms with E-state index in [1.807, 2.05) is 30.3 Å². The number of hydrogen-bond acceptors (Lipinski definition) is 0. The summed E-state index contributed by atoms with van der Waals surface area (Å²) in [6, 6.07) is 20.3. The third kappa shape index (κ3) is 15.5. The van der Waals surface area contributed by atoms with Crippen molar-refractivity contribution >= 4 is 90.3 Å². The third-order valence-electron chi connectivity index (χ3n) is 4.09. The molecule has 7 heteroatoms. The Kier molecular flexibility index (Phi) is 25.4. The molecule has 0 bridgehead atoms. The number of halogens is 4. The van der Waals surface area contributed by atoms with Crippen molar-refractivity contribution in [1.29, 1.82) is 0 Å². The Balaban J connectivity index is -0.000000452. The fourth-order valence-electron chi connectivity index (χ4n) is 2.85. The van der Waals surface area contributed by atoms with E-state index in [-0.39, 0.29) is 40.0 Å². The van der Waals surface area contributed by atoms with E-state index in [1.165, 1.54) is 6.08 Å². The van der Waals surface area contributed by atoms with Gasteiger partial charge >= 0.3 is 202 Å². The van der Waals surface area contributed by atoms with Crippen LogP contribution in [0, 0.1) is 6.92 Å². The average Bonchev–Trinajstić information content (AvgIpc) is 2.70. The van der Waals surface area contributed by atoms with Crippen molar-refractivity contribution in [3.05, 3.63) is 118 Å². The Bertz CT molecular complexity index is 709. The summed E-state index contributed by atoms with van der Waals surface area (Å²) in [5, 5.41) is 0. The summed E-state index contributed by atoms with van der Waals surface area (Å²) in [4.78, 5) is 0. The molecule has 0 heterocycles. The van der Waals surface area contributed by atoms with E-state index in [1.54, 1.807) is 3.58 Å². The summed E-state index contributed by atoms with van der Waals surface area (Å²) < 4.78 is 5.95. The Morgan fingerprint density at radius 3 is 1.19 bits per heavy atom. The minimum atomic E-state index is -3.30. The molecule has 0 aliphatic heterocycles. The summed E-state index contributed by atoms with van der Waals surface area (Å²) in [5.41, 5.74) is 0. The summed E-state index contributed by atoms with van der Waals surface area (Å²) in [6.45, 7) is 18.3. The molecule has 0 aliphatic rings. The van der Waals surface area contributed by atoms with Crippen molar-refractivity contribution in [3.63, 3.8) is 0 Å². The van der Waals surface area contributed by atoms with Gasteiger partial charge in [-0.25, -0.2) is 19.6 Å². The number of allylic oxidation sites excluding steroid dienone is 4. The van der Waals surface area contributed by atoms with Crippen molar-refractivity contribution in [1.82, 2.24) is 0 Å². The maximum atomic E-state index is 5.80. The average molecular weight is 766 g/mol. The maximum Gasteiger partial charge on any atom is 2.00 e. The standard InChI is InChI=1S/2C6H5.4C3H5.BrH.3ClH.Mg.2Sn/c2*1-2-4-6-5-3-1;4*1-3-2;;;;;;;/h2*1-5H;4*3H,1-2H2;4*1H;;;/q;;;;;-1;;;;;+2;;+3/p-4. The predicted octanol–water partition coefficient (Wildman–Crippen LogP) is 4.08. The molecular formula is C24H30BrCl3MgSn2. The molecule has 2 rings (SSSR count). The van der Waals surface area contributed by atoms with Crippen LogP contribution in [-0.4, -0.2) is 56.4 Å². The first-order chi connectivity index (χ1) is 13.8. The molecule has 164 valence electrons. The first-order valence-electron chi connectivity index (χ1n) is 9.21. The van der Waals surface area contributed by atoms with Crippen LogP contribution in [0.1, 0.15) is 0 Å². The molecule has 31 heavy (non-hydrogen) atoms. The van der Waals surface area contributed by atoms with E-state index >= 15 is 0 Å². The quantitative estimate of drug-likeness (QED) is 0.216. The normalized spacial score (nSPS) is 9.65. The molecule has 0 aliphatic carbocycles. The van der Waals surface area contributed by atoms with Crippen molar-refractivity contribution in [2.45, 2.75) is 13.3 Å². The summed E-state index contributed by atoms with van der Waals surface area (Å²) >= 11 is -5.65. The van der Waals surface area contributed by atoms with Gasteiger partial charge in [0.25, 0.3) is 0 Å². The maximum absolute atomic E-state index is 5.80. The monoisotopic (exact) mass is 766 g/mol. The van der Waals surface area contributed by atoms with Crippen LogP contribution in [-0.2, 0) is 0 Å². The summed E-state index contributed by atoms with van der Waals surface area (Å²) in [7, 11) is 17.4. The second-order valence-electron chi connectivity index (χ2n) is 6.28. The molecule has 0 aromatic heterocycles. The van der Waals surface area contributed by atoms with Gasteiger partial charge in [-0.2, -0.15) is 0 Å². The summed E-state index contributed by atoms with van der Waals surface area (Å²) in [6.07, 6.45) is 7.74. The molecule has 0 amide bonds. The van der Waals surface area contributed by atoms with Gasteiger partial charge in [0.05, 0.1) is 0 Å². The Morgan fingerprint density at radius 1 is 0.677 bits per heavy atom. The Hall–Kier alpha value is 0.984. The number of rotatable bonds is 8. The first-order valence-corrected chi connectivity index (χ1v) is 29.0. The van der Waals surface area contributed by atoms with E-state index in [2.05, 4.69) is 81.8 Å². The van der Waals surface area contributed by atoms with Gasteiger partial charge in [-0.3, -0.25) is 0 Å². The largest absolute Gasteiger partial charge is 2.00 e. The molecule has 0 spiro atoms. The van der Waals surface area contributed by atoms with E-state index < -0.39 is 33.4 Å². The predicted molar refractivity (Wildman–Crippen MR) is 148 cm³/mol. The smallest absolute Gasteiger partial charge is 2.00 e. The fraction of sp³-hybridized carbons (Fsp3) is 0.125. The molecule has 2 aromatic carbocycles. The van der Waals surface area contributed by atoms with Gasteiger partial charge in [-0.1, -0.05) is 0 Å². The molecular weight excluding hydrogens is 736 g/mol. The van der Waals surface area contributed by atoms with Gasteiger partial charge in [0.15, 0.2) is 0 Å². The van der Waals surface area contributed by atoms with Crippen LogP contribution in [0.3, 0.4) is 0 Å². The van der Waals surface area contributed by atoms with Crippen LogP contribution in [0.15, 0.2) is 111 Å². The minimum Gasteiger partial charge on any atom is 2.00 e. The van der Waals surface area contributed by atoms with Gasteiger partial charge in [0, 0.05) is 0 Å². The zero-order chi connectivity index (χ0) is 22.2. The van der Waals surface area contributed by atoms with Crippen LogP contribution in [0.4, 0.5) is 0 Å². The van der Waals surface area contributed by atoms with Crippen LogP contribution in [0.5, 0.6) is 0 Å². The van der Waals surface area contributed by atoms with E-state index in [4.69, 9.17) is 26.8 Å². The van der Waals surface area contributed by atoms with Crippen LogP contribution < -0.4 is 24.1 Å². The van der Waals surface area contributed by atoms with E-state index in [0.717, 1.165) is 16.9 Å². The molecule has 0 N–H and O–H groups in total. The third-order valence-corrected chi connectivity index (χ3v) is 24.9. The molecule has 0 atom stereocenters. The van der Waals surface area contributed by atoms with Crippen molar-refractivity contribution < 1.29 is 17.0 Å². The molecule has 2 aromatic rings. The van der Waals surface area contributed by atoms with Crippen molar-refractivity contribution in [2.24, 2.45) is 0 Å². The second kappa shape index (κ2) is 21.5. The van der Waals surface area contributed by atoms with Gasteiger partial charge in [0.1, 0.15) is 0 Å². The van der Waals surface area contributed by atoms with Crippen molar-refractivity contribution in [2.75, 3.05) is 0 Å². The van der Waals surface area contributed by atoms with Crippen LogP contribution >= 0.6 is 26.8 Å². The topological polar surface area (TPSA) is 0 Å². The van der Waals surface area contributed by atoms with Gasteiger partial charge in [0.2, 0.25) is 0 Å². The van der Waals surface area contributed by atoms with E-state index in [0.29, 0.717) is 0 Å². The van der Waals surface area contributed by atoms with E-state index in [9.17, 15) is 0 Å². The molecule has 0 radical (unpaired) electrons. The van der Waals surface area contributed by atoms with Gasteiger partial charge in [-0.05, 0) is 0 Å². The van der Waals surface area contributed by atoms with Gasteiger partial charge in [-0.15, -0.1) is 0 Å². The minimum absolute atomic E-state index is 0. The fourth-order valence-corrected chi connectivity index (χ4v) is 17.8.